The topological polar surface area (TPSA) is 113 Å². The number of aromatic nitrogens is 1. The molecule has 35 heavy (non-hydrogen) atoms. The van der Waals surface area contributed by atoms with Crippen molar-refractivity contribution < 1.29 is 19.0 Å². The van der Waals surface area contributed by atoms with Crippen molar-refractivity contribution >= 4 is 33.8 Å². The molecule has 0 radical (unpaired) electrons. The van der Waals surface area contributed by atoms with Crippen molar-refractivity contribution in [3.05, 3.63) is 82.6 Å². The molecule has 3 heterocycles. The van der Waals surface area contributed by atoms with E-state index in [4.69, 9.17) is 15.6 Å². The number of nitrogens with one attached hydrogen (secondary N) is 1. The Balaban J connectivity index is 1.34. The lowest BCUT2D eigenvalue weighted by Gasteiger charge is -2.43. The van der Waals surface area contributed by atoms with Crippen molar-refractivity contribution in [2.75, 3.05) is 24.5 Å². The van der Waals surface area contributed by atoms with Crippen LogP contribution in [-0.2, 0) is 4.79 Å². The van der Waals surface area contributed by atoms with E-state index in [1.165, 1.54) is 23.5 Å². The van der Waals surface area contributed by atoms with E-state index in [2.05, 4.69) is 26.5 Å². The third-order valence-corrected chi connectivity index (χ3v) is 7.19. The number of carboxylic acid groups (broad SMARTS) is 1. The van der Waals surface area contributed by atoms with Gasteiger partial charge >= 0.3 is 5.97 Å². The summed E-state index contributed by atoms with van der Waals surface area (Å²) in [5.74, 6) is -0.249. The summed E-state index contributed by atoms with van der Waals surface area (Å²) in [6, 6.07) is 14.5. The first kappa shape index (κ1) is 22.9. The number of thiazole rings is 1. The first-order valence-corrected chi connectivity index (χ1v) is 12.0. The lowest BCUT2D eigenvalue weighted by Crippen LogP contribution is -2.48. The number of nitrogens with zero attached hydrogens (tertiary/aromatic N) is 3. The van der Waals surface area contributed by atoms with Gasteiger partial charge in [0.15, 0.2) is 11.0 Å². The van der Waals surface area contributed by atoms with Crippen LogP contribution < -0.4 is 20.8 Å². The fourth-order valence-electron chi connectivity index (χ4n) is 4.34. The molecule has 1 saturated heterocycles. The molecule has 4 N–H and O–H groups in total. The van der Waals surface area contributed by atoms with Gasteiger partial charge in [0.2, 0.25) is 0 Å². The molecule has 0 saturated carbocycles. The maximum atomic E-state index is 13.6. The number of hydrogen-bond acceptors (Lipinski definition) is 7. The molecule has 0 amide bonds. The first-order valence-electron chi connectivity index (χ1n) is 11.2. The number of fused-ring (bicyclic) bond motifs is 1. The summed E-state index contributed by atoms with van der Waals surface area (Å²) in [6.45, 7) is 1.16. The number of hydrogen-bond donors (Lipinski definition) is 3. The Hall–Kier alpha value is -3.92. The normalized spacial score (nSPS) is 16.9. The standard InChI is InChI=1S/C25H24FN5O3S/c26-17-7-5-16(6-8-17)19-13-25(34-20-4-2-1-3-18(19)20)9-11-31(12-10-25)24-28-14-21(35-24)23(27)30-29-15-22(32)33/h1-8,13-14,29H,9-12,15H2,(H2,27,30)(H,32,33). The minimum atomic E-state index is -1.02. The number of anilines is 1. The largest absolute Gasteiger partial charge is 0.482 e. The van der Waals surface area contributed by atoms with Gasteiger partial charge in [-0.05, 0) is 35.4 Å². The number of rotatable bonds is 6. The van der Waals surface area contributed by atoms with Crippen molar-refractivity contribution in [2.45, 2.75) is 18.4 Å². The molecule has 2 aliphatic rings. The van der Waals surface area contributed by atoms with Gasteiger partial charge in [0.25, 0.3) is 0 Å². The van der Waals surface area contributed by atoms with Crippen LogP contribution in [0.15, 0.2) is 65.9 Å². The van der Waals surface area contributed by atoms with Crippen LogP contribution in [0.2, 0.25) is 0 Å². The zero-order chi connectivity index (χ0) is 24.4. The van der Waals surface area contributed by atoms with Gasteiger partial charge in [0, 0.05) is 31.5 Å². The predicted octanol–water partition coefficient (Wildman–Crippen LogP) is 3.44. The molecule has 1 spiro atoms. The molecular formula is C25H24FN5O3S. The fraction of sp³-hybridized carbons (Fsp3) is 0.240. The number of benzene rings is 2. The van der Waals surface area contributed by atoms with E-state index >= 15 is 0 Å². The Morgan fingerprint density at radius 1 is 1.23 bits per heavy atom. The molecule has 1 aromatic heterocycles. The Kier molecular flexibility index (Phi) is 6.12. The van der Waals surface area contributed by atoms with E-state index < -0.39 is 11.6 Å². The molecule has 2 aliphatic heterocycles. The average molecular weight is 494 g/mol. The first-order chi connectivity index (χ1) is 16.9. The molecule has 0 aliphatic carbocycles. The van der Waals surface area contributed by atoms with Crippen LogP contribution in [0, 0.1) is 5.82 Å². The maximum Gasteiger partial charge on any atom is 0.324 e. The van der Waals surface area contributed by atoms with Gasteiger partial charge in [-0.2, -0.15) is 5.10 Å². The molecule has 0 atom stereocenters. The quantitative estimate of drug-likeness (QED) is 0.274. The van der Waals surface area contributed by atoms with Crippen LogP contribution in [0.4, 0.5) is 9.52 Å². The van der Waals surface area contributed by atoms with E-state index in [1.54, 1.807) is 18.3 Å². The summed E-state index contributed by atoms with van der Waals surface area (Å²) < 4.78 is 20.1. The van der Waals surface area contributed by atoms with E-state index in [-0.39, 0.29) is 18.2 Å². The molecule has 5 rings (SSSR count). The number of halogens is 1. The molecule has 2 aromatic carbocycles. The number of para-hydroxylation sites is 1. The van der Waals surface area contributed by atoms with Crippen LogP contribution in [0.1, 0.15) is 28.8 Å². The van der Waals surface area contributed by atoms with E-state index in [1.807, 2.05) is 24.3 Å². The number of carbonyl (C=O) groups is 1. The molecule has 3 aromatic rings. The Bertz CT molecular complexity index is 1300. The van der Waals surface area contributed by atoms with Gasteiger partial charge in [-0.1, -0.05) is 41.7 Å². The number of amidine groups is 1. The lowest BCUT2D eigenvalue weighted by atomic mass is 9.83. The van der Waals surface area contributed by atoms with Crippen LogP contribution in [0.5, 0.6) is 5.75 Å². The summed E-state index contributed by atoms with van der Waals surface area (Å²) >= 11 is 1.41. The highest BCUT2D eigenvalue weighted by Crippen LogP contribution is 2.43. The van der Waals surface area contributed by atoms with Crippen LogP contribution in [-0.4, -0.2) is 47.1 Å². The second-order valence-corrected chi connectivity index (χ2v) is 9.46. The molecule has 0 unspecified atom stereocenters. The predicted molar refractivity (Wildman–Crippen MR) is 133 cm³/mol. The Morgan fingerprint density at radius 2 is 1.97 bits per heavy atom. The van der Waals surface area contributed by atoms with Crippen molar-refractivity contribution in [1.82, 2.24) is 10.4 Å². The molecule has 180 valence electrons. The third kappa shape index (κ3) is 4.83. The van der Waals surface area contributed by atoms with Gasteiger partial charge in [0.05, 0.1) is 11.1 Å². The van der Waals surface area contributed by atoms with Crippen LogP contribution in [0.3, 0.4) is 0 Å². The number of hydrazone groups is 1. The summed E-state index contributed by atoms with van der Waals surface area (Å²) in [7, 11) is 0. The minimum absolute atomic E-state index is 0.197. The summed E-state index contributed by atoms with van der Waals surface area (Å²) in [6.07, 6.45) is 5.34. The second-order valence-electron chi connectivity index (χ2n) is 8.45. The SMILES string of the molecule is N/C(=N\NCC(=O)O)c1cnc(N2CCC3(C=C(c4ccc(F)cc4)c4ccccc4O3)CC2)s1. The zero-order valence-electron chi connectivity index (χ0n) is 18.8. The van der Waals surface area contributed by atoms with Gasteiger partial charge in [-0.15, -0.1) is 0 Å². The Morgan fingerprint density at radius 3 is 2.71 bits per heavy atom. The van der Waals surface area contributed by atoms with Gasteiger partial charge in [-0.3, -0.25) is 10.2 Å². The summed E-state index contributed by atoms with van der Waals surface area (Å²) in [5, 5.41) is 13.4. The molecule has 0 bridgehead atoms. The van der Waals surface area contributed by atoms with Gasteiger partial charge in [0.1, 0.15) is 23.7 Å². The smallest absolute Gasteiger partial charge is 0.324 e. The highest BCUT2D eigenvalue weighted by Gasteiger charge is 2.39. The van der Waals surface area contributed by atoms with E-state index in [0.717, 1.165) is 53.5 Å². The molecule has 1 fully saturated rings. The van der Waals surface area contributed by atoms with Crippen molar-refractivity contribution in [2.24, 2.45) is 10.8 Å². The van der Waals surface area contributed by atoms with Gasteiger partial charge < -0.3 is 20.5 Å². The molecule has 10 heteroatoms. The highest BCUT2D eigenvalue weighted by atomic mass is 32.1. The van der Waals surface area contributed by atoms with Crippen LogP contribution in [0.25, 0.3) is 5.57 Å². The second kappa shape index (κ2) is 9.38. The summed E-state index contributed by atoms with van der Waals surface area (Å²) in [5.41, 5.74) is 10.9. The van der Waals surface area contributed by atoms with E-state index in [9.17, 15) is 9.18 Å². The number of aliphatic carboxylic acids is 1. The monoisotopic (exact) mass is 493 g/mol. The highest BCUT2D eigenvalue weighted by molar-refractivity contribution is 7.17. The van der Waals surface area contributed by atoms with E-state index in [0.29, 0.717) is 4.88 Å². The van der Waals surface area contributed by atoms with Gasteiger partial charge in [-0.25, -0.2) is 9.37 Å². The zero-order valence-corrected chi connectivity index (χ0v) is 19.6. The van der Waals surface area contributed by atoms with Crippen molar-refractivity contribution in [3.8, 4) is 5.75 Å². The number of piperidine rings is 1. The molecule has 8 nitrogen and oxygen atoms in total. The Labute approximate surface area is 205 Å². The third-order valence-electron chi connectivity index (χ3n) is 6.11. The number of ether oxygens (including phenoxy) is 1. The molecular weight excluding hydrogens is 469 g/mol. The number of carboxylic acids is 1. The van der Waals surface area contributed by atoms with Crippen molar-refractivity contribution in [3.63, 3.8) is 0 Å². The minimum Gasteiger partial charge on any atom is -0.482 e. The fourth-order valence-corrected chi connectivity index (χ4v) is 5.20. The summed E-state index contributed by atoms with van der Waals surface area (Å²) in [4.78, 5) is 18.0. The lowest BCUT2D eigenvalue weighted by molar-refractivity contribution is -0.135. The van der Waals surface area contributed by atoms with Crippen LogP contribution >= 0.6 is 11.3 Å². The average Bonchev–Trinajstić information content (AvgIpc) is 3.35. The van der Waals surface area contributed by atoms with Crippen molar-refractivity contribution in [1.29, 1.82) is 0 Å². The maximum absolute atomic E-state index is 13.6. The number of nitrogens with two attached hydrogens (primary N) is 1.